The van der Waals surface area contributed by atoms with E-state index in [2.05, 4.69) is 43.0 Å². The lowest BCUT2D eigenvalue weighted by Gasteiger charge is -2.34. The summed E-state index contributed by atoms with van der Waals surface area (Å²) in [6.45, 7) is 7.20. The highest BCUT2D eigenvalue weighted by Gasteiger charge is 2.46. The summed E-state index contributed by atoms with van der Waals surface area (Å²) in [5, 5.41) is 0. The highest BCUT2D eigenvalue weighted by molar-refractivity contribution is 5.43. The fraction of sp³-hybridized carbons (Fsp3) is 0.684. The van der Waals surface area contributed by atoms with Crippen molar-refractivity contribution >= 4 is 5.69 Å². The number of hydrogen-bond acceptors (Lipinski definition) is 2. The van der Waals surface area contributed by atoms with Crippen LogP contribution in [0, 0.1) is 5.92 Å². The second kappa shape index (κ2) is 6.00. The molecular weight excluding hydrogens is 256 g/mol. The second-order valence-corrected chi connectivity index (χ2v) is 7.66. The minimum absolute atomic E-state index is 0.422. The molecule has 116 valence electrons. The summed E-state index contributed by atoms with van der Waals surface area (Å²) in [6, 6.07) is 9.48. The summed E-state index contributed by atoms with van der Waals surface area (Å²) in [6.07, 6.45) is 8.35. The minimum atomic E-state index is 0.422. The van der Waals surface area contributed by atoms with E-state index in [1.807, 2.05) is 0 Å². The maximum Gasteiger partial charge on any atom is 0.0314 e. The number of hydrogen-bond donors (Lipinski definition) is 1. The Morgan fingerprint density at radius 2 is 1.76 bits per heavy atom. The van der Waals surface area contributed by atoms with Crippen LogP contribution in [0.4, 0.5) is 5.69 Å². The van der Waals surface area contributed by atoms with E-state index in [-0.39, 0.29) is 0 Å². The van der Waals surface area contributed by atoms with Gasteiger partial charge in [0.25, 0.3) is 0 Å². The lowest BCUT2D eigenvalue weighted by Crippen LogP contribution is -2.41. The highest BCUT2D eigenvalue weighted by atomic mass is 15.2. The van der Waals surface area contributed by atoms with Crippen LogP contribution in [0.5, 0.6) is 0 Å². The van der Waals surface area contributed by atoms with Crippen LogP contribution in [0.3, 0.4) is 0 Å². The van der Waals surface area contributed by atoms with Crippen LogP contribution in [0.1, 0.15) is 57.9 Å². The third-order valence-electron chi connectivity index (χ3n) is 5.32. The molecule has 2 heteroatoms. The second-order valence-electron chi connectivity index (χ2n) is 7.66. The fourth-order valence-electron chi connectivity index (χ4n) is 4.00. The van der Waals surface area contributed by atoms with Crippen molar-refractivity contribution in [3.8, 4) is 0 Å². The zero-order chi connectivity index (χ0) is 14.9. The van der Waals surface area contributed by atoms with Crippen molar-refractivity contribution in [2.24, 2.45) is 5.92 Å². The van der Waals surface area contributed by atoms with Crippen molar-refractivity contribution in [1.29, 1.82) is 0 Å². The Bertz CT molecular complexity index is 453. The van der Waals surface area contributed by atoms with Crippen molar-refractivity contribution in [2.45, 2.75) is 63.8 Å². The Kier molecular flexibility index (Phi) is 4.26. The molecule has 0 atom stereocenters. The van der Waals surface area contributed by atoms with Crippen LogP contribution in [0.15, 0.2) is 24.3 Å². The summed E-state index contributed by atoms with van der Waals surface area (Å²) in [4.78, 5) is 2.81. The maximum atomic E-state index is 5.85. The molecule has 3 rings (SSSR count). The van der Waals surface area contributed by atoms with E-state index >= 15 is 0 Å². The normalized spacial score (nSPS) is 21.3. The Morgan fingerprint density at radius 1 is 1.14 bits per heavy atom. The Balaban J connectivity index is 1.73. The molecule has 1 aromatic carbocycles. The summed E-state index contributed by atoms with van der Waals surface area (Å²) in [7, 11) is 0. The minimum Gasteiger partial charge on any atom is -0.399 e. The molecule has 2 nitrogen and oxygen atoms in total. The number of benzene rings is 1. The van der Waals surface area contributed by atoms with Crippen LogP contribution >= 0.6 is 0 Å². The van der Waals surface area contributed by atoms with Gasteiger partial charge in [0.2, 0.25) is 0 Å². The van der Waals surface area contributed by atoms with Gasteiger partial charge in [-0.25, -0.2) is 0 Å². The summed E-state index contributed by atoms with van der Waals surface area (Å²) in [5.41, 5.74) is 8.65. The molecule has 0 saturated heterocycles. The average Bonchev–Trinajstić information content (AvgIpc) is 3.02. The zero-order valence-electron chi connectivity index (χ0n) is 13.6. The third-order valence-corrected chi connectivity index (χ3v) is 5.32. The molecule has 2 aliphatic rings. The van der Waals surface area contributed by atoms with Crippen molar-refractivity contribution in [3.05, 3.63) is 29.8 Å². The summed E-state index contributed by atoms with van der Waals surface area (Å²) in [5.74, 6) is 0.757. The van der Waals surface area contributed by atoms with Crippen LogP contribution in [0.25, 0.3) is 0 Å². The van der Waals surface area contributed by atoms with Crippen molar-refractivity contribution in [3.63, 3.8) is 0 Å². The van der Waals surface area contributed by atoms with E-state index in [0.717, 1.165) is 17.6 Å². The molecule has 0 amide bonds. The maximum absolute atomic E-state index is 5.85. The fourth-order valence-corrected chi connectivity index (χ4v) is 4.00. The molecule has 1 aromatic rings. The quantitative estimate of drug-likeness (QED) is 0.794. The van der Waals surface area contributed by atoms with Gasteiger partial charge in [-0.1, -0.05) is 38.8 Å². The molecule has 0 spiro atoms. The number of nitrogen functional groups attached to an aromatic ring is 1. The average molecular weight is 286 g/mol. The molecular formula is C19H30N2. The lowest BCUT2D eigenvalue weighted by atomic mass is 9.93. The van der Waals surface area contributed by atoms with Gasteiger partial charge in [0.1, 0.15) is 0 Å². The van der Waals surface area contributed by atoms with Crippen molar-refractivity contribution in [2.75, 3.05) is 18.8 Å². The van der Waals surface area contributed by atoms with Crippen LogP contribution < -0.4 is 5.73 Å². The number of rotatable bonds is 6. The molecule has 0 aromatic heterocycles. The number of nitrogens with zero attached hydrogens (tertiary/aromatic N) is 1. The van der Waals surface area contributed by atoms with Gasteiger partial charge in [0.05, 0.1) is 0 Å². The van der Waals surface area contributed by atoms with Crippen molar-refractivity contribution in [1.82, 2.24) is 4.90 Å². The summed E-state index contributed by atoms with van der Waals surface area (Å²) >= 11 is 0. The Morgan fingerprint density at radius 3 is 2.29 bits per heavy atom. The Hall–Kier alpha value is -1.02. The van der Waals surface area contributed by atoms with Crippen LogP contribution in [-0.4, -0.2) is 24.0 Å². The van der Waals surface area contributed by atoms with Gasteiger partial charge in [0.15, 0.2) is 0 Å². The largest absolute Gasteiger partial charge is 0.399 e. The van der Waals surface area contributed by atoms with E-state index in [4.69, 9.17) is 5.73 Å². The molecule has 21 heavy (non-hydrogen) atoms. The molecule has 2 aliphatic carbocycles. The topological polar surface area (TPSA) is 29.3 Å². The van der Waals surface area contributed by atoms with Crippen LogP contribution in [0.2, 0.25) is 0 Å². The lowest BCUT2D eigenvalue weighted by molar-refractivity contribution is 0.161. The van der Waals surface area contributed by atoms with Gasteiger partial charge in [-0.15, -0.1) is 0 Å². The van der Waals surface area contributed by atoms with E-state index in [1.54, 1.807) is 0 Å². The van der Waals surface area contributed by atoms with Crippen LogP contribution in [-0.2, 0) is 5.41 Å². The van der Waals surface area contributed by atoms with Gasteiger partial charge >= 0.3 is 0 Å². The molecule has 2 fully saturated rings. The number of nitrogens with two attached hydrogens (primary N) is 1. The molecule has 0 heterocycles. The van der Waals surface area contributed by atoms with Crippen molar-refractivity contribution < 1.29 is 0 Å². The summed E-state index contributed by atoms with van der Waals surface area (Å²) < 4.78 is 0. The smallest absolute Gasteiger partial charge is 0.0314 e. The molecule has 0 bridgehead atoms. The first-order chi connectivity index (χ1) is 10.1. The first-order valence-corrected chi connectivity index (χ1v) is 8.69. The monoisotopic (exact) mass is 286 g/mol. The molecule has 0 radical (unpaired) electrons. The van der Waals surface area contributed by atoms with E-state index < -0.39 is 0 Å². The third kappa shape index (κ3) is 3.42. The van der Waals surface area contributed by atoms with Gasteiger partial charge in [-0.05, 0) is 49.3 Å². The SMILES string of the molecule is CC(C)CN(CC1(c2ccc(N)cc2)CC1)C1CCCC1. The molecule has 2 N–H and O–H groups in total. The van der Waals surface area contributed by atoms with Gasteiger partial charge in [-0.3, -0.25) is 4.90 Å². The predicted molar refractivity (Wildman–Crippen MR) is 90.4 cm³/mol. The van der Waals surface area contributed by atoms with E-state index in [1.165, 1.54) is 57.2 Å². The zero-order valence-corrected chi connectivity index (χ0v) is 13.6. The number of anilines is 1. The van der Waals surface area contributed by atoms with Gasteiger partial charge in [0, 0.05) is 30.2 Å². The molecule has 2 saturated carbocycles. The first kappa shape index (κ1) is 14.9. The molecule has 0 unspecified atom stereocenters. The highest BCUT2D eigenvalue weighted by Crippen LogP contribution is 2.49. The standard InChI is InChI=1S/C19H30N2/c1-15(2)13-21(18-5-3-4-6-18)14-19(11-12-19)16-7-9-17(20)10-8-16/h7-10,15,18H,3-6,11-14,20H2,1-2H3. The van der Waals surface area contributed by atoms with E-state index in [9.17, 15) is 0 Å². The van der Waals surface area contributed by atoms with Gasteiger partial charge in [-0.2, -0.15) is 0 Å². The Labute approximate surface area is 129 Å². The van der Waals surface area contributed by atoms with E-state index in [0.29, 0.717) is 5.41 Å². The molecule has 0 aliphatic heterocycles. The predicted octanol–water partition coefficient (Wildman–Crippen LogP) is 4.20. The van der Waals surface area contributed by atoms with Gasteiger partial charge < -0.3 is 5.73 Å². The first-order valence-electron chi connectivity index (χ1n) is 8.69.